The van der Waals surface area contributed by atoms with Crippen molar-refractivity contribution in [2.75, 3.05) is 25.6 Å². The summed E-state index contributed by atoms with van der Waals surface area (Å²) < 4.78 is 10.7. The second-order valence-electron chi connectivity index (χ2n) is 5.80. The molecule has 1 N–H and O–H groups in total. The van der Waals surface area contributed by atoms with Gasteiger partial charge in [0, 0.05) is 24.4 Å². The summed E-state index contributed by atoms with van der Waals surface area (Å²) in [5.41, 5.74) is 1.72. The van der Waals surface area contributed by atoms with E-state index in [-0.39, 0.29) is 17.9 Å². The van der Waals surface area contributed by atoms with Gasteiger partial charge < -0.3 is 9.47 Å². The van der Waals surface area contributed by atoms with E-state index in [0.717, 1.165) is 37.1 Å². The maximum absolute atomic E-state index is 12.3. The van der Waals surface area contributed by atoms with Crippen molar-refractivity contribution in [1.29, 1.82) is 0 Å². The molecule has 6 heteroatoms. The van der Waals surface area contributed by atoms with Gasteiger partial charge in [0.1, 0.15) is 0 Å². The minimum Gasteiger partial charge on any atom is -0.382 e. The van der Waals surface area contributed by atoms with Crippen LogP contribution in [0.5, 0.6) is 0 Å². The SMILES string of the molecule is COCCOC1CCC(C(=O)Nc2nc(C)cc(C)n2)CC1. The number of rotatable bonds is 6. The fraction of sp³-hybridized carbons (Fsp3) is 0.688. The zero-order valence-corrected chi connectivity index (χ0v) is 13.6. The molecule has 0 aromatic carbocycles. The third-order valence-electron chi connectivity index (χ3n) is 3.90. The van der Waals surface area contributed by atoms with Crippen molar-refractivity contribution < 1.29 is 14.3 Å². The Hall–Kier alpha value is -1.53. The average molecular weight is 307 g/mol. The molecule has 0 bridgehead atoms. The van der Waals surface area contributed by atoms with E-state index < -0.39 is 0 Å². The molecule has 1 aliphatic rings. The molecule has 2 rings (SSSR count). The third kappa shape index (κ3) is 5.03. The summed E-state index contributed by atoms with van der Waals surface area (Å²) in [5.74, 6) is 0.438. The Balaban J connectivity index is 1.79. The fourth-order valence-corrected chi connectivity index (χ4v) is 2.78. The van der Waals surface area contributed by atoms with Crippen LogP contribution < -0.4 is 5.32 Å². The molecule has 1 saturated carbocycles. The number of anilines is 1. The second-order valence-corrected chi connectivity index (χ2v) is 5.80. The van der Waals surface area contributed by atoms with Crippen molar-refractivity contribution in [1.82, 2.24) is 9.97 Å². The van der Waals surface area contributed by atoms with Gasteiger partial charge >= 0.3 is 0 Å². The van der Waals surface area contributed by atoms with E-state index in [1.165, 1.54) is 0 Å². The van der Waals surface area contributed by atoms with Crippen molar-refractivity contribution in [2.45, 2.75) is 45.6 Å². The molecule has 1 aromatic heterocycles. The molecule has 0 radical (unpaired) electrons. The number of aromatic nitrogens is 2. The smallest absolute Gasteiger partial charge is 0.229 e. The summed E-state index contributed by atoms with van der Waals surface area (Å²) in [6.07, 6.45) is 3.75. The predicted octanol–water partition coefficient (Wildman–Crippen LogP) is 2.25. The van der Waals surface area contributed by atoms with E-state index in [4.69, 9.17) is 9.47 Å². The third-order valence-corrected chi connectivity index (χ3v) is 3.90. The summed E-state index contributed by atoms with van der Waals surface area (Å²) in [6.45, 7) is 5.03. The van der Waals surface area contributed by atoms with E-state index in [1.54, 1.807) is 7.11 Å². The number of amides is 1. The molecule has 22 heavy (non-hydrogen) atoms. The lowest BCUT2D eigenvalue weighted by Crippen LogP contribution is -2.31. The van der Waals surface area contributed by atoms with Gasteiger partial charge in [-0.1, -0.05) is 0 Å². The first-order chi connectivity index (χ1) is 10.6. The van der Waals surface area contributed by atoms with E-state index >= 15 is 0 Å². The maximum Gasteiger partial charge on any atom is 0.229 e. The highest BCUT2D eigenvalue weighted by atomic mass is 16.5. The summed E-state index contributed by atoms with van der Waals surface area (Å²) in [5, 5.41) is 2.84. The molecule has 1 aliphatic carbocycles. The van der Waals surface area contributed by atoms with Crippen LogP contribution in [-0.2, 0) is 14.3 Å². The molecule has 0 spiro atoms. The Labute approximate surface area is 131 Å². The van der Waals surface area contributed by atoms with Crippen LogP contribution in [0.1, 0.15) is 37.1 Å². The van der Waals surface area contributed by atoms with Crippen molar-refractivity contribution in [3.63, 3.8) is 0 Å². The van der Waals surface area contributed by atoms with Gasteiger partial charge in [0.25, 0.3) is 0 Å². The Bertz CT molecular complexity index is 479. The zero-order valence-electron chi connectivity index (χ0n) is 13.6. The number of nitrogens with one attached hydrogen (secondary N) is 1. The van der Waals surface area contributed by atoms with Gasteiger partial charge in [-0.2, -0.15) is 0 Å². The van der Waals surface area contributed by atoms with Crippen LogP contribution in [-0.4, -0.2) is 42.3 Å². The van der Waals surface area contributed by atoms with Gasteiger partial charge in [-0.05, 0) is 45.6 Å². The van der Waals surface area contributed by atoms with Gasteiger partial charge in [-0.3, -0.25) is 10.1 Å². The standard InChI is InChI=1S/C16H25N3O3/c1-11-10-12(2)18-16(17-11)19-15(20)13-4-6-14(7-5-13)22-9-8-21-3/h10,13-14H,4-9H2,1-3H3,(H,17,18,19,20). The van der Waals surface area contributed by atoms with E-state index in [0.29, 0.717) is 19.2 Å². The Kier molecular flexibility index (Phi) is 6.27. The van der Waals surface area contributed by atoms with Crippen LogP contribution in [0.25, 0.3) is 0 Å². The first kappa shape index (κ1) is 16.8. The van der Waals surface area contributed by atoms with Gasteiger partial charge in [-0.15, -0.1) is 0 Å². The van der Waals surface area contributed by atoms with Gasteiger partial charge in [-0.25, -0.2) is 9.97 Å². The van der Waals surface area contributed by atoms with Gasteiger partial charge in [0.2, 0.25) is 11.9 Å². The Morgan fingerprint density at radius 1 is 1.18 bits per heavy atom. The minimum atomic E-state index is 0.0142. The molecule has 1 aromatic rings. The second kappa shape index (κ2) is 8.19. The summed E-state index contributed by atoms with van der Waals surface area (Å²) in [4.78, 5) is 20.8. The first-order valence-electron chi connectivity index (χ1n) is 7.82. The lowest BCUT2D eigenvalue weighted by molar-refractivity contribution is -0.121. The number of carbonyl (C=O) groups is 1. The molecular formula is C16H25N3O3. The van der Waals surface area contributed by atoms with Crippen LogP contribution in [0.2, 0.25) is 0 Å². The van der Waals surface area contributed by atoms with Gasteiger partial charge in [0.15, 0.2) is 0 Å². The molecule has 0 saturated heterocycles. The van der Waals surface area contributed by atoms with E-state index in [9.17, 15) is 4.79 Å². The fourth-order valence-electron chi connectivity index (χ4n) is 2.78. The lowest BCUT2D eigenvalue weighted by Gasteiger charge is -2.27. The number of carbonyl (C=O) groups excluding carboxylic acids is 1. The largest absolute Gasteiger partial charge is 0.382 e. The van der Waals surface area contributed by atoms with Gasteiger partial charge in [0.05, 0.1) is 19.3 Å². The molecule has 1 fully saturated rings. The quantitative estimate of drug-likeness (QED) is 0.816. The molecule has 1 heterocycles. The molecule has 0 aliphatic heterocycles. The topological polar surface area (TPSA) is 73.3 Å². The number of nitrogens with zero attached hydrogens (tertiary/aromatic N) is 2. The number of hydrogen-bond acceptors (Lipinski definition) is 5. The number of ether oxygens (including phenoxy) is 2. The molecule has 122 valence electrons. The highest BCUT2D eigenvalue weighted by Crippen LogP contribution is 2.27. The molecule has 0 atom stereocenters. The minimum absolute atomic E-state index is 0.0142. The summed E-state index contributed by atoms with van der Waals surface area (Å²) >= 11 is 0. The lowest BCUT2D eigenvalue weighted by atomic mass is 9.87. The highest BCUT2D eigenvalue weighted by Gasteiger charge is 2.27. The number of hydrogen-bond donors (Lipinski definition) is 1. The van der Waals surface area contributed by atoms with Crippen LogP contribution >= 0.6 is 0 Å². The van der Waals surface area contributed by atoms with Crippen molar-refractivity contribution in [3.8, 4) is 0 Å². The molecule has 1 amide bonds. The monoisotopic (exact) mass is 307 g/mol. The predicted molar refractivity (Wildman–Crippen MR) is 83.7 cm³/mol. The van der Waals surface area contributed by atoms with Crippen molar-refractivity contribution in [2.24, 2.45) is 5.92 Å². The van der Waals surface area contributed by atoms with Crippen molar-refractivity contribution >= 4 is 11.9 Å². The van der Waals surface area contributed by atoms with E-state index in [1.807, 2.05) is 19.9 Å². The summed E-state index contributed by atoms with van der Waals surface area (Å²) in [7, 11) is 1.67. The Morgan fingerprint density at radius 2 is 1.82 bits per heavy atom. The van der Waals surface area contributed by atoms with Crippen LogP contribution in [0.15, 0.2) is 6.07 Å². The average Bonchev–Trinajstić information content (AvgIpc) is 2.47. The number of methoxy groups -OCH3 is 1. The molecular weight excluding hydrogens is 282 g/mol. The first-order valence-corrected chi connectivity index (χ1v) is 7.82. The van der Waals surface area contributed by atoms with Crippen LogP contribution in [0, 0.1) is 19.8 Å². The van der Waals surface area contributed by atoms with E-state index in [2.05, 4.69) is 15.3 Å². The molecule has 0 unspecified atom stereocenters. The Morgan fingerprint density at radius 3 is 2.41 bits per heavy atom. The highest BCUT2D eigenvalue weighted by molar-refractivity contribution is 5.90. The van der Waals surface area contributed by atoms with Crippen LogP contribution in [0.4, 0.5) is 5.95 Å². The zero-order chi connectivity index (χ0) is 15.9. The van der Waals surface area contributed by atoms with Crippen molar-refractivity contribution in [3.05, 3.63) is 17.5 Å². The number of aryl methyl sites for hydroxylation is 2. The van der Waals surface area contributed by atoms with Crippen LogP contribution in [0.3, 0.4) is 0 Å². The normalized spacial score (nSPS) is 21.6. The summed E-state index contributed by atoms with van der Waals surface area (Å²) in [6, 6.07) is 1.89. The maximum atomic E-state index is 12.3. The molecule has 6 nitrogen and oxygen atoms in total.